The van der Waals surface area contributed by atoms with E-state index in [1.807, 2.05) is 6.07 Å². The van der Waals surface area contributed by atoms with E-state index in [0.717, 1.165) is 36.6 Å². The van der Waals surface area contributed by atoms with Gasteiger partial charge in [-0.3, -0.25) is 0 Å². The lowest BCUT2D eigenvalue weighted by atomic mass is 10.3. The summed E-state index contributed by atoms with van der Waals surface area (Å²) in [5.41, 5.74) is 7.84. The van der Waals surface area contributed by atoms with Crippen molar-refractivity contribution < 1.29 is 0 Å². The number of nitrogens with two attached hydrogens (primary N) is 1. The minimum atomic E-state index is 0.771. The fraction of sp³-hybridized carbons (Fsp3) is 0.600. The Morgan fingerprint density at radius 2 is 2.08 bits per heavy atom. The lowest BCUT2D eigenvalue weighted by Crippen LogP contribution is -2.05. The van der Waals surface area contributed by atoms with Crippen LogP contribution in [-0.4, -0.2) is 11.1 Å². The standard InChI is InChI=1S/C10H17ClN2/c1-8-7-10(11)9(2)13(8)6-4-3-5-12/h7H,3-6,12H2,1-2H3. The van der Waals surface area contributed by atoms with Crippen molar-refractivity contribution in [1.29, 1.82) is 0 Å². The lowest BCUT2D eigenvalue weighted by molar-refractivity contribution is 0.595. The van der Waals surface area contributed by atoms with E-state index in [1.54, 1.807) is 0 Å². The normalized spacial score (nSPS) is 10.8. The first-order valence-corrected chi connectivity index (χ1v) is 5.07. The van der Waals surface area contributed by atoms with Crippen LogP contribution in [0.25, 0.3) is 0 Å². The number of nitrogens with zero attached hydrogens (tertiary/aromatic N) is 1. The van der Waals surface area contributed by atoms with Gasteiger partial charge < -0.3 is 10.3 Å². The van der Waals surface area contributed by atoms with Crippen LogP contribution in [0.3, 0.4) is 0 Å². The van der Waals surface area contributed by atoms with E-state index in [-0.39, 0.29) is 0 Å². The van der Waals surface area contributed by atoms with E-state index < -0.39 is 0 Å². The maximum atomic E-state index is 6.00. The molecule has 0 aliphatic rings. The van der Waals surface area contributed by atoms with Crippen LogP contribution in [0.2, 0.25) is 5.02 Å². The third-order valence-corrected chi connectivity index (χ3v) is 2.73. The van der Waals surface area contributed by atoms with E-state index in [0.29, 0.717) is 0 Å². The zero-order valence-electron chi connectivity index (χ0n) is 8.31. The summed E-state index contributed by atoms with van der Waals surface area (Å²) in [4.78, 5) is 0. The predicted octanol–water partition coefficient (Wildman–Crippen LogP) is 2.50. The molecule has 1 heterocycles. The van der Waals surface area contributed by atoms with Gasteiger partial charge in [-0.1, -0.05) is 11.6 Å². The van der Waals surface area contributed by atoms with Crippen molar-refractivity contribution in [3.63, 3.8) is 0 Å². The lowest BCUT2D eigenvalue weighted by Gasteiger charge is -2.08. The third-order valence-electron chi connectivity index (χ3n) is 2.35. The Balaban J connectivity index is 2.64. The molecule has 1 aromatic rings. The Labute approximate surface area is 84.7 Å². The molecule has 74 valence electrons. The van der Waals surface area contributed by atoms with Crippen LogP contribution in [0.4, 0.5) is 0 Å². The molecule has 0 saturated carbocycles. The van der Waals surface area contributed by atoms with Gasteiger partial charge in [-0.2, -0.15) is 0 Å². The summed E-state index contributed by atoms with van der Waals surface area (Å²) in [7, 11) is 0. The van der Waals surface area contributed by atoms with Gasteiger partial charge in [-0.15, -0.1) is 0 Å². The maximum Gasteiger partial charge on any atom is 0.0615 e. The average Bonchev–Trinajstić information content (AvgIpc) is 2.32. The average molecular weight is 201 g/mol. The highest BCUT2D eigenvalue weighted by Crippen LogP contribution is 2.20. The van der Waals surface area contributed by atoms with Gasteiger partial charge in [0.2, 0.25) is 0 Å². The van der Waals surface area contributed by atoms with E-state index in [9.17, 15) is 0 Å². The highest BCUT2D eigenvalue weighted by atomic mass is 35.5. The number of halogens is 1. The van der Waals surface area contributed by atoms with Gasteiger partial charge in [-0.05, 0) is 39.3 Å². The molecule has 1 aromatic heterocycles. The summed E-state index contributed by atoms with van der Waals surface area (Å²) >= 11 is 6.00. The molecule has 3 heteroatoms. The summed E-state index contributed by atoms with van der Waals surface area (Å²) in [6.45, 7) is 5.94. The summed E-state index contributed by atoms with van der Waals surface area (Å²) < 4.78 is 2.25. The zero-order chi connectivity index (χ0) is 9.84. The van der Waals surface area contributed by atoms with E-state index >= 15 is 0 Å². The minimum absolute atomic E-state index is 0.771. The van der Waals surface area contributed by atoms with Crippen LogP contribution in [0.1, 0.15) is 24.2 Å². The maximum absolute atomic E-state index is 6.00. The van der Waals surface area contributed by atoms with Gasteiger partial charge in [-0.25, -0.2) is 0 Å². The van der Waals surface area contributed by atoms with Crippen LogP contribution in [0.15, 0.2) is 6.07 Å². The van der Waals surface area contributed by atoms with Crippen molar-refractivity contribution in [2.45, 2.75) is 33.2 Å². The molecule has 0 spiro atoms. The number of aromatic nitrogens is 1. The molecule has 1 rings (SSSR count). The first-order chi connectivity index (χ1) is 6.16. The fourth-order valence-electron chi connectivity index (χ4n) is 1.52. The molecule has 0 unspecified atom stereocenters. The molecule has 0 bridgehead atoms. The third kappa shape index (κ3) is 2.48. The van der Waals surface area contributed by atoms with E-state index in [2.05, 4.69) is 18.4 Å². The molecule has 0 radical (unpaired) electrons. The molecule has 0 aliphatic carbocycles. The van der Waals surface area contributed by atoms with Crippen LogP contribution in [0, 0.1) is 13.8 Å². The number of hydrogen-bond acceptors (Lipinski definition) is 1. The van der Waals surface area contributed by atoms with Crippen LogP contribution in [0.5, 0.6) is 0 Å². The molecular formula is C10H17ClN2. The van der Waals surface area contributed by atoms with Gasteiger partial charge in [0.1, 0.15) is 0 Å². The molecule has 0 aliphatic heterocycles. The summed E-state index contributed by atoms with van der Waals surface area (Å²) in [6.07, 6.45) is 2.21. The smallest absolute Gasteiger partial charge is 0.0615 e. The van der Waals surface area contributed by atoms with Gasteiger partial charge in [0.25, 0.3) is 0 Å². The number of hydrogen-bond donors (Lipinski definition) is 1. The van der Waals surface area contributed by atoms with E-state index in [4.69, 9.17) is 17.3 Å². The first kappa shape index (κ1) is 10.6. The molecule has 2 N–H and O–H groups in total. The topological polar surface area (TPSA) is 30.9 Å². The van der Waals surface area contributed by atoms with Crippen molar-refractivity contribution in [1.82, 2.24) is 4.57 Å². The number of rotatable bonds is 4. The van der Waals surface area contributed by atoms with E-state index in [1.165, 1.54) is 5.69 Å². The van der Waals surface area contributed by atoms with Gasteiger partial charge >= 0.3 is 0 Å². The van der Waals surface area contributed by atoms with Crippen LogP contribution < -0.4 is 5.73 Å². The second kappa shape index (κ2) is 4.68. The minimum Gasteiger partial charge on any atom is -0.348 e. The Kier molecular flexibility index (Phi) is 3.82. The number of unbranched alkanes of at least 4 members (excludes halogenated alkanes) is 1. The Hall–Kier alpha value is -0.470. The molecular weight excluding hydrogens is 184 g/mol. The van der Waals surface area contributed by atoms with Crippen molar-refractivity contribution in [3.05, 3.63) is 22.5 Å². The van der Waals surface area contributed by atoms with Crippen molar-refractivity contribution in [3.8, 4) is 0 Å². The highest BCUT2D eigenvalue weighted by molar-refractivity contribution is 6.31. The molecule has 0 atom stereocenters. The van der Waals surface area contributed by atoms with Crippen molar-refractivity contribution in [2.24, 2.45) is 5.73 Å². The number of aryl methyl sites for hydroxylation is 1. The second-order valence-corrected chi connectivity index (χ2v) is 3.77. The van der Waals surface area contributed by atoms with Gasteiger partial charge in [0, 0.05) is 17.9 Å². The molecule has 0 aromatic carbocycles. The van der Waals surface area contributed by atoms with Crippen molar-refractivity contribution >= 4 is 11.6 Å². The predicted molar refractivity (Wildman–Crippen MR) is 57.2 cm³/mol. The zero-order valence-corrected chi connectivity index (χ0v) is 9.06. The largest absolute Gasteiger partial charge is 0.348 e. The van der Waals surface area contributed by atoms with Crippen LogP contribution in [-0.2, 0) is 6.54 Å². The summed E-state index contributed by atoms with van der Waals surface area (Å²) in [6, 6.07) is 2.01. The molecule has 2 nitrogen and oxygen atoms in total. The summed E-state index contributed by atoms with van der Waals surface area (Å²) in [5, 5.41) is 0.866. The molecule has 0 saturated heterocycles. The monoisotopic (exact) mass is 200 g/mol. The quantitative estimate of drug-likeness (QED) is 0.744. The molecule has 13 heavy (non-hydrogen) atoms. The van der Waals surface area contributed by atoms with Crippen molar-refractivity contribution in [2.75, 3.05) is 6.54 Å². The summed E-state index contributed by atoms with van der Waals surface area (Å²) in [5.74, 6) is 0. The fourth-order valence-corrected chi connectivity index (χ4v) is 1.78. The molecule has 0 amide bonds. The Bertz CT molecular complexity index is 279. The second-order valence-electron chi connectivity index (χ2n) is 3.37. The Morgan fingerprint density at radius 3 is 2.54 bits per heavy atom. The highest BCUT2D eigenvalue weighted by Gasteiger charge is 2.05. The van der Waals surface area contributed by atoms with Crippen LogP contribution >= 0.6 is 11.6 Å². The first-order valence-electron chi connectivity index (χ1n) is 4.69. The van der Waals surface area contributed by atoms with Gasteiger partial charge in [0.05, 0.1) is 5.02 Å². The Morgan fingerprint density at radius 1 is 1.38 bits per heavy atom. The molecule has 0 fully saturated rings. The SMILES string of the molecule is Cc1cc(Cl)c(C)n1CCCCN. The van der Waals surface area contributed by atoms with Gasteiger partial charge in [0.15, 0.2) is 0 Å².